The predicted molar refractivity (Wildman–Crippen MR) is 146 cm³/mol. The molecule has 2 N–H and O–H groups in total. The normalized spacial score (nSPS) is 14.7. The summed E-state index contributed by atoms with van der Waals surface area (Å²) in [5.41, 5.74) is 7.57. The van der Waals surface area contributed by atoms with E-state index in [0.29, 0.717) is 5.56 Å². The molecule has 1 aliphatic rings. The van der Waals surface area contributed by atoms with Crippen LogP contribution in [-0.2, 0) is 5.41 Å². The minimum atomic E-state index is -0.974. The van der Waals surface area contributed by atoms with Crippen LogP contribution < -0.4 is 0 Å². The van der Waals surface area contributed by atoms with Gasteiger partial charge in [-0.2, -0.15) is 0 Å². The van der Waals surface area contributed by atoms with Crippen LogP contribution in [0.25, 0.3) is 16.0 Å². The summed E-state index contributed by atoms with van der Waals surface area (Å²) in [5, 5.41) is 22.0. The first-order valence-electron chi connectivity index (χ1n) is 11.8. The summed E-state index contributed by atoms with van der Waals surface area (Å²) in [7, 11) is 0. The molecule has 3 nitrogen and oxygen atoms in total. The molecule has 1 aromatic heterocycles. The lowest BCUT2D eigenvalue weighted by molar-refractivity contribution is 0.0697. The number of aliphatic hydroxyl groups is 1. The average molecular weight is 491 g/mol. The molecular formula is C32H26O3S. The van der Waals surface area contributed by atoms with E-state index in [1.54, 1.807) is 23.5 Å². The van der Waals surface area contributed by atoms with Crippen molar-refractivity contribution in [1.29, 1.82) is 0 Å². The molecular weight excluding hydrogens is 464 g/mol. The minimum absolute atomic E-state index is 0.0639. The second kappa shape index (κ2) is 9.62. The number of hydrogen-bond donors (Lipinski definition) is 2. The van der Waals surface area contributed by atoms with Crippen LogP contribution in [0.4, 0.5) is 0 Å². The molecule has 3 aromatic carbocycles. The first kappa shape index (κ1) is 23.8. The highest BCUT2D eigenvalue weighted by Gasteiger charge is 2.29. The third-order valence-corrected chi connectivity index (χ3v) is 7.60. The molecule has 0 amide bonds. The third kappa shape index (κ3) is 4.77. The highest BCUT2D eigenvalue weighted by Crippen LogP contribution is 2.42. The monoisotopic (exact) mass is 490 g/mol. The predicted octanol–water partition coefficient (Wildman–Crippen LogP) is 7.31. The highest BCUT2D eigenvalue weighted by atomic mass is 32.1. The van der Waals surface area contributed by atoms with Crippen molar-refractivity contribution in [1.82, 2.24) is 0 Å². The van der Waals surface area contributed by atoms with Crippen molar-refractivity contribution in [3.8, 4) is 22.3 Å². The molecule has 1 aliphatic carbocycles. The van der Waals surface area contributed by atoms with Crippen LogP contribution >= 0.6 is 11.3 Å². The Bertz CT molecular complexity index is 1500. The lowest BCUT2D eigenvalue weighted by atomic mass is 9.71. The Labute approximate surface area is 215 Å². The van der Waals surface area contributed by atoms with E-state index in [4.69, 9.17) is 5.11 Å². The van der Waals surface area contributed by atoms with E-state index in [2.05, 4.69) is 85.7 Å². The molecule has 0 aliphatic heterocycles. The number of carboxylic acid groups (broad SMARTS) is 1. The summed E-state index contributed by atoms with van der Waals surface area (Å²) < 4.78 is 0. The second-order valence-electron chi connectivity index (χ2n) is 9.62. The van der Waals surface area contributed by atoms with Gasteiger partial charge in [-0.15, -0.1) is 11.3 Å². The quantitative estimate of drug-likeness (QED) is 0.295. The molecule has 1 heterocycles. The van der Waals surface area contributed by atoms with Crippen molar-refractivity contribution in [2.24, 2.45) is 0 Å². The fraction of sp³-hybridized carbons (Fsp3) is 0.156. The van der Waals surface area contributed by atoms with Crippen molar-refractivity contribution in [3.63, 3.8) is 0 Å². The standard InChI is InChI=1S/C32H26O3S/c1-32(2)18-17-26(22-10-12-23(13-11-22)30-4-3-19-36-30)27-15-14-25(20-28(27)32)29(33)16-7-21-5-8-24(9-6-21)31(34)35/h3-6,8-15,17,19-20,29,33H,18H2,1-2H3,(H,34,35). The molecule has 4 heteroatoms. The Balaban J connectivity index is 1.43. The van der Waals surface area contributed by atoms with Gasteiger partial charge >= 0.3 is 5.97 Å². The van der Waals surface area contributed by atoms with Gasteiger partial charge in [-0.1, -0.05) is 80.3 Å². The lowest BCUT2D eigenvalue weighted by Crippen LogP contribution is -2.22. The van der Waals surface area contributed by atoms with Gasteiger partial charge in [-0.05, 0) is 80.9 Å². The fourth-order valence-electron chi connectivity index (χ4n) is 4.57. The lowest BCUT2D eigenvalue weighted by Gasteiger charge is -2.33. The summed E-state index contributed by atoms with van der Waals surface area (Å²) in [5.74, 6) is 4.89. The zero-order valence-electron chi connectivity index (χ0n) is 20.2. The summed E-state index contributed by atoms with van der Waals surface area (Å²) in [6, 6.07) is 25.4. The van der Waals surface area contributed by atoms with Crippen molar-refractivity contribution in [2.45, 2.75) is 31.8 Å². The second-order valence-corrected chi connectivity index (χ2v) is 10.6. The van der Waals surface area contributed by atoms with Crippen LogP contribution in [0.1, 0.15) is 64.5 Å². The Morgan fingerprint density at radius 1 is 0.972 bits per heavy atom. The van der Waals surface area contributed by atoms with Crippen LogP contribution in [0.15, 0.2) is 90.3 Å². The van der Waals surface area contributed by atoms with Crippen molar-refractivity contribution in [3.05, 3.63) is 124 Å². The number of aromatic carboxylic acids is 1. The molecule has 0 fully saturated rings. The van der Waals surface area contributed by atoms with E-state index in [0.717, 1.165) is 12.0 Å². The number of benzene rings is 3. The van der Waals surface area contributed by atoms with Crippen molar-refractivity contribution in [2.75, 3.05) is 0 Å². The first-order chi connectivity index (χ1) is 17.3. The molecule has 0 bridgehead atoms. The molecule has 5 rings (SSSR count). The van der Waals surface area contributed by atoms with E-state index in [1.807, 2.05) is 6.07 Å². The van der Waals surface area contributed by atoms with Crippen molar-refractivity contribution >= 4 is 22.9 Å². The van der Waals surface area contributed by atoms with Gasteiger partial charge in [0.1, 0.15) is 6.10 Å². The SMILES string of the molecule is CC1(C)CC=C(c2ccc(-c3cccs3)cc2)c2ccc(C(O)C#Cc3ccc(C(=O)O)cc3)cc21. The van der Waals surface area contributed by atoms with Crippen LogP contribution in [0, 0.1) is 11.8 Å². The van der Waals surface area contributed by atoms with Crippen LogP contribution in [-0.4, -0.2) is 16.2 Å². The Kier molecular flexibility index (Phi) is 6.36. The van der Waals surface area contributed by atoms with Crippen LogP contribution in [0.5, 0.6) is 0 Å². The number of carbonyl (C=O) groups is 1. The number of hydrogen-bond acceptors (Lipinski definition) is 3. The summed E-state index contributed by atoms with van der Waals surface area (Å²) in [6.07, 6.45) is 2.28. The number of aliphatic hydroxyl groups excluding tert-OH is 1. The summed E-state index contributed by atoms with van der Waals surface area (Å²) in [4.78, 5) is 12.3. The molecule has 4 aromatic rings. The van der Waals surface area contributed by atoms with E-state index >= 15 is 0 Å². The van der Waals surface area contributed by atoms with Gasteiger partial charge in [0.15, 0.2) is 0 Å². The van der Waals surface area contributed by atoms with Gasteiger partial charge in [-0.25, -0.2) is 4.79 Å². The maximum atomic E-state index is 11.0. The van der Waals surface area contributed by atoms with E-state index < -0.39 is 12.1 Å². The fourth-order valence-corrected chi connectivity index (χ4v) is 5.30. The summed E-state index contributed by atoms with van der Waals surface area (Å²) in [6.45, 7) is 4.45. The van der Waals surface area contributed by atoms with Crippen LogP contribution in [0.2, 0.25) is 0 Å². The molecule has 1 atom stereocenters. The number of allylic oxidation sites excluding steroid dienone is 1. The average Bonchev–Trinajstić information content (AvgIpc) is 3.43. The molecule has 0 radical (unpaired) electrons. The number of carboxylic acids is 1. The van der Waals surface area contributed by atoms with Crippen LogP contribution in [0.3, 0.4) is 0 Å². The minimum Gasteiger partial charge on any atom is -0.478 e. The van der Waals surface area contributed by atoms with Gasteiger partial charge in [-0.3, -0.25) is 0 Å². The van der Waals surface area contributed by atoms with Gasteiger partial charge < -0.3 is 10.2 Å². The van der Waals surface area contributed by atoms with Gasteiger partial charge in [0.25, 0.3) is 0 Å². The molecule has 36 heavy (non-hydrogen) atoms. The molecule has 1 unspecified atom stereocenters. The maximum absolute atomic E-state index is 11.0. The topological polar surface area (TPSA) is 57.5 Å². The van der Waals surface area contributed by atoms with Gasteiger partial charge in [0.2, 0.25) is 0 Å². The largest absolute Gasteiger partial charge is 0.478 e. The van der Waals surface area contributed by atoms with E-state index in [-0.39, 0.29) is 11.0 Å². The van der Waals surface area contributed by atoms with E-state index in [1.165, 1.54) is 44.8 Å². The van der Waals surface area contributed by atoms with Gasteiger partial charge in [0, 0.05) is 10.4 Å². The van der Waals surface area contributed by atoms with Gasteiger partial charge in [0.05, 0.1) is 5.56 Å². The first-order valence-corrected chi connectivity index (χ1v) is 12.7. The Morgan fingerprint density at radius 3 is 2.36 bits per heavy atom. The highest BCUT2D eigenvalue weighted by molar-refractivity contribution is 7.13. The van der Waals surface area contributed by atoms with Crippen molar-refractivity contribution < 1.29 is 15.0 Å². The number of thiophene rings is 1. The smallest absolute Gasteiger partial charge is 0.335 e. The zero-order chi connectivity index (χ0) is 25.3. The molecule has 0 saturated carbocycles. The molecule has 0 saturated heterocycles. The molecule has 178 valence electrons. The maximum Gasteiger partial charge on any atom is 0.335 e. The number of fused-ring (bicyclic) bond motifs is 1. The molecule has 0 spiro atoms. The summed E-state index contributed by atoms with van der Waals surface area (Å²) >= 11 is 1.74. The third-order valence-electron chi connectivity index (χ3n) is 6.68. The van der Waals surface area contributed by atoms with E-state index in [9.17, 15) is 9.90 Å². The zero-order valence-corrected chi connectivity index (χ0v) is 21.0. The Hall–Kier alpha value is -3.91. The number of rotatable bonds is 4. The Morgan fingerprint density at radius 2 is 1.69 bits per heavy atom.